The monoisotopic (exact) mass is 474 g/mol. The Labute approximate surface area is 195 Å². The molecule has 0 spiro atoms. The number of hydrogen-bond acceptors (Lipinski definition) is 5. The molecule has 174 valence electrons. The number of rotatable bonds is 5. The second-order valence-electron chi connectivity index (χ2n) is 8.30. The zero-order chi connectivity index (χ0) is 23.5. The van der Waals surface area contributed by atoms with E-state index in [0.29, 0.717) is 5.95 Å². The summed E-state index contributed by atoms with van der Waals surface area (Å²) in [5.74, 6) is -2.60. The van der Waals surface area contributed by atoms with Gasteiger partial charge < -0.3 is 20.9 Å². The number of nitrogens with one attached hydrogen (secondary N) is 3. The molecule has 33 heavy (non-hydrogen) atoms. The van der Waals surface area contributed by atoms with Gasteiger partial charge in [-0.15, -0.1) is 0 Å². The summed E-state index contributed by atoms with van der Waals surface area (Å²) >= 11 is 5.23. The minimum absolute atomic E-state index is 0.0891. The average molecular weight is 475 g/mol. The molecule has 4 rings (SSSR count). The van der Waals surface area contributed by atoms with E-state index in [2.05, 4.69) is 20.9 Å². The van der Waals surface area contributed by atoms with E-state index in [1.165, 1.54) is 0 Å². The van der Waals surface area contributed by atoms with Crippen molar-refractivity contribution in [3.63, 3.8) is 0 Å². The van der Waals surface area contributed by atoms with E-state index in [9.17, 15) is 13.2 Å². The van der Waals surface area contributed by atoms with Gasteiger partial charge in [0.15, 0.2) is 22.6 Å². The summed E-state index contributed by atoms with van der Waals surface area (Å²) < 4.78 is 40.3. The van der Waals surface area contributed by atoms with E-state index in [0.717, 1.165) is 54.5 Å². The normalized spacial score (nSPS) is 18.1. The summed E-state index contributed by atoms with van der Waals surface area (Å²) in [4.78, 5) is 11.3. The topological polar surface area (TPSA) is 65.1 Å². The number of hydrogen-bond donors (Lipinski definition) is 3. The Morgan fingerprint density at radius 3 is 2.36 bits per heavy atom. The van der Waals surface area contributed by atoms with Gasteiger partial charge in [0.2, 0.25) is 5.95 Å². The summed E-state index contributed by atoms with van der Waals surface area (Å²) in [5, 5.41) is 10.4. The maximum atomic E-state index is 13.8. The van der Waals surface area contributed by atoms with Gasteiger partial charge in [0, 0.05) is 31.6 Å². The van der Waals surface area contributed by atoms with E-state index < -0.39 is 17.5 Å². The van der Waals surface area contributed by atoms with Crippen molar-refractivity contribution in [3.05, 3.63) is 53.8 Å². The standard InChI is InChI=1S/C23H25F3N6S/c1-32(2)21-15-5-3-4-6-17(15)29-22(31-21)27-13-7-9-14(10-8-13)28-23(33)30-18-12-11-16(24)19(25)20(18)26/h3-6,11-14H,7-10H2,1-2H3,(H,27,29,31)(H2,28,30,33). The molecule has 0 radical (unpaired) electrons. The van der Waals surface area contributed by atoms with Crippen LogP contribution in [-0.4, -0.2) is 41.3 Å². The second kappa shape index (κ2) is 9.78. The molecule has 1 aliphatic rings. The predicted molar refractivity (Wildman–Crippen MR) is 129 cm³/mol. The summed E-state index contributed by atoms with van der Waals surface area (Å²) in [5.41, 5.74) is 0.682. The van der Waals surface area contributed by atoms with Crippen LogP contribution in [0.2, 0.25) is 0 Å². The molecule has 0 atom stereocenters. The SMILES string of the molecule is CN(C)c1nc(NC2CCC(NC(=S)Nc3ccc(F)c(F)c3F)CC2)nc2ccccc12. The van der Waals surface area contributed by atoms with Crippen LogP contribution >= 0.6 is 12.2 Å². The molecule has 0 saturated heterocycles. The highest BCUT2D eigenvalue weighted by Gasteiger charge is 2.23. The molecule has 2 aromatic carbocycles. The first-order chi connectivity index (χ1) is 15.8. The lowest BCUT2D eigenvalue weighted by molar-refractivity contribution is 0.387. The Morgan fingerprint density at radius 1 is 0.939 bits per heavy atom. The van der Waals surface area contributed by atoms with Gasteiger partial charge in [0.05, 0.1) is 11.2 Å². The molecule has 0 unspecified atom stereocenters. The molecular weight excluding hydrogens is 449 g/mol. The highest BCUT2D eigenvalue weighted by Crippen LogP contribution is 2.26. The fourth-order valence-corrected chi connectivity index (χ4v) is 4.27. The quantitative estimate of drug-likeness (QED) is 0.362. The van der Waals surface area contributed by atoms with Crippen molar-refractivity contribution >= 4 is 45.7 Å². The van der Waals surface area contributed by atoms with Gasteiger partial charge in [0.1, 0.15) is 5.82 Å². The number of para-hydroxylation sites is 1. The van der Waals surface area contributed by atoms with Crippen LogP contribution in [0.1, 0.15) is 25.7 Å². The maximum Gasteiger partial charge on any atom is 0.225 e. The van der Waals surface area contributed by atoms with Crippen molar-refractivity contribution in [3.8, 4) is 0 Å². The molecule has 1 fully saturated rings. The smallest absolute Gasteiger partial charge is 0.225 e. The van der Waals surface area contributed by atoms with Gasteiger partial charge in [-0.25, -0.2) is 18.2 Å². The Balaban J connectivity index is 1.33. The van der Waals surface area contributed by atoms with Crippen LogP contribution in [0.5, 0.6) is 0 Å². The van der Waals surface area contributed by atoms with Gasteiger partial charge in [-0.1, -0.05) is 12.1 Å². The number of aromatic nitrogens is 2. The predicted octanol–water partition coefficient (Wildman–Crippen LogP) is 4.82. The van der Waals surface area contributed by atoms with Crippen molar-refractivity contribution in [2.45, 2.75) is 37.8 Å². The summed E-state index contributed by atoms with van der Waals surface area (Å²) in [6.45, 7) is 0. The van der Waals surface area contributed by atoms with Crippen molar-refractivity contribution in [1.29, 1.82) is 0 Å². The van der Waals surface area contributed by atoms with Crippen molar-refractivity contribution < 1.29 is 13.2 Å². The summed E-state index contributed by atoms with van der Waals surface area (Å²) in [7, 11) is 3.91. The molecule has 1 saturated carbocycles. The largest absolute Gasteiger partial charge is 0.362 e. The Morgan fingerprint density at radius 2 is 1.64 bits per heavy atom. The van der Waals surface area contributed by atoms with Crippen LogP contribution in [-0.2, 0) is 0 Å². The third kappa shape index (κ3) is 5.27. The minimum Gasteiger partial charge on any atom is -0.362 e. The molecule has 3 N–H and O–H groups in total. The highest BCUT2D eigenvalue weighted by atomic mass is 32.1. The maximum absolute atomic E-state index is 13.8. The first-order valence-electron chi connectivity index (χ1n) is 10.7. The molecule has 3 aromatic rings. The van der Waals surface area contributed by atoms with E-state index >= 15 is 0 Å². The third-order valence-corrected chi connectivity index (χ3v) is 5.91. The molecule has 10 heteroatoms. The first-order valence-corrected chi connectivity index (χ1v) is 11.1. The Kier molecular flexibility index (Phi) is 6.83. The molecule has 0 aliphatic heterocycles. The van der Waals surface area contributed by atoms with Gasteiger partial charge in [-0.3, -0.25) is 0 Å². The molecular formula is C23H25F3N6S. The minimum atomic E-state index is -1.53. The lowest BCUT2D eigenvalue weighted by Crippen LogP contribution is -2.42. The number of nitrogens with zero attached hydrogens (tertiary/aromatic N) is 3. The van der Waals surface area contributed by atoms with E-state index in [1.807, 2.05) is 43.3 Å². The first kappa shape index (κ1) is 23.0. The number of halogens is 3. The Bertz CT molecular complexity index is 1160. The number of benzene rings is 2. The second-order valence-corrected chi connectivity index (χ2v) is 8.70. The van der Waals surface area contributed by atoms with Crippen LogP contribution in [0.4, 0.5) is 30.6 Å². The van der Waals surface area contributed by atoms with Crippen LogP contribution in [0.15, 0.2) is 36.4 Å². The van der Waals surface area contributed by atoms with Gasteiger partial charge in [0.25, 0.3) is 0 Å². The summed E-state index contributed by atoms with van der Waals surface area (Å²) in [6.07, 6.45) is 3.39. The van der Waals surface area contributed by atoms with Crippen LogP contribution in [0.25, 0.3) is 10.9 Å². The zero-order valence-corrected chi connectivity index (χ0v) is 19.1. The molecule has 0 bridgehead atoms. The summed E-state index contributed by atoms with van der Waals surface area (Å²) in [6, 6.07) is 10.2. The fourth-order valence-electron chi connectivity index (χ4n) is 4.00. The van der Waals surface area contributed by atoms with Gasteiger partial charge >= 0.3 is 0 Å². The highest BCUT2D eigenvalue weighted by molar-refractivity contribution is 7.80. The molecule has 1 aliphatic carbocycles. The van der Waals surface area contributed by atoms with Crippen molar-refractivity contribution in [2.75, 3.05) is 29.6 Å². The third-order valence-electron chi connectivity index (χ3n) is 5.69. The van der Waals surface area contributed by atoms with E-state index in [-0.39, 0.29) is 22.9 Å². The molecule has 1 aromatic heterocycles. The number of thiocarbonyl (C=S) groups is 1. The van der Waals surface area contributed by atoms with Gasteiger partial charge in [-0.05, 0) is 62.2 Å². The number of fused-ring (bicyclic) bond motifs is 1. The molecule has 1 heterocycles. The Hall–Kier alpha value is -3.14. The van der Waals surface area contributed by atoms with Crippen LogP contribution in [0, 0.1) is 17.5 Å². The number of anilines is 3. The van der Waals surface area contributed by atoms with Crippen LogP contribution in [0.3, 0.4) is 0 Å². The van der Waals surface area contributed by atoms with Crippen LogP contribution < -0.4 is 20.9 Å². The lowest BCUT2D eigenvalue weighted by Gasteiger charge is -2.30. The van der Waals surface area contributed by atoms with Crippen molar-refractivity contribution in [2.24, 2.45) is 0 Å². The van der Waals surface area contributed by atoms with E-state index in [4.69, 9.17) is 17.2 Å². The van der Waals surface area contributed by atoms with Gasteiger partial charge in [-0.2, -0.15) is 4.98 Å². The lowest BCUT2D eigenvalue weighted by atomic mass is 9.91. The molecule has 6 nitrogen and oxygen atoms in total. The fraction of sp³-hybridized carbons (Fsp3) is 0.348. The van der Waals surface area contributed by atoms with E-state index in [1.54, 1.807) is 0 Å². The molecule has 0 amide bonds. The van der Waals surface area contributed by atoms with Crippen molar-refractivity contribution in [1.82, 2.24) is 15.3 Å². The zero-order valence-electron chi connectivity index (χ0n) is 18.3. The average Bonchev–Trinajstić information content (AvgIpc) is 2.80.